The van der Waals surface area contributed by atoms with Crippen molar-refractivity contribution in [2.24, 2.45) is 0 Å². The van der Waals surface area contributed by atoms with Crippen molar-refractivity contribution in [1.82, 2.24) is 4.98 Å². The van der Waals surface area contributed by atoms with Gasteiger partial charge < -0.3 is 11.1 Å². The van der Waals surface area contributed by atoms with E-state index >= 15 is 0 Å². The average Bonchev–Trinajstić information content (AvgIpc) is 2.65. The van der Waals surface area contributed by atoms with Gasteiger partial charge in [0.25, 0.3) is 0 Å². The molecule has 26 heavy (non-hydrogen) atoms. The zero-order valence-corrected chi connectivity index (χ0v) is 17.3. The van der Waals surface area contributed by atoms with Gasteiger partial charge in [-0.25, -0.2) is 0 Å². The average molecular weight is 362 g/mol. The lowest BCUT2D eigenvalue weighted by Crippen LogP contribution is -2.04. The van der Waals surface area contributed by atoms with Crippen molar-refractivity contribution >= 4 is 11.4 Å². The summed E-state index contributed by atoms with van der Waals surface area (Å²) in [5, 5.41) is 3.40. The molecule has 0 aliphatic carbocycles. The molecule has 0 bridgehead atoms. The van der Waals surface area contributed by atoms with Crippen LogP contribution in [0.15, 0.2) is 18.5 Å². The number of rotatable bonds is 18. The smallest absolute Gasteiger partial charge is 0.0736 e. The molecule has 0 aromatic carbocycles. The van der Waals surface area contributed by atoms with E-state index in [1.54, 1.807) is 12.4 Å². The van der Waals surface area contributed by atoms with Crippen molar-refractivity contribution in [3.63, 3.8) is 0 Å². The van der Waals surface area contributed by atoms with E-state index in [-0.39, 0.29) is 0 Å². The van der Waals surface area contributed by atoms with E-state index in [2.05, 4.69) is 17.2 Å². The number of nitrogen functional groups attached to an aromatic ring is 1. The van der Waals surface area contributed by atoms with Crippen molar-refractivity contribution < 1.29 is 0 Å². The van der Waals surface area contributed by atoms with Crippen LogP contribution in [0.2, 0.25) is 0 Å². The van der Waals surface area contributed by atoms with Crippen molar-refractivity contribution in [1.29, 1.82) is 0 Å². The number of hydrogen-bond acceptors (Lipinski definition) is 3. The van der Waals surface area contributed by atoms with E-state index in [1.165, 1.54) is 103 Å². The van der Waals surface area contributed by atoms with Gasteiger partial charge in [-0.2, -0.15) is 0 Å². The molecule has 3 heteroatoms. The molecule has 3 N–H and O–H groups in total. The first-order chi connectivity index (χ1) is 12.8. The summed E-state index contributed by atoms with van der Waals surface area (Å²) in [6.45, 7) is 3.30. The highest BCUT2D eigenvalue weighted by Crippen LogP contribution is 2.16. The molecule has 0 unspecified atom stereocenters. The molecule has 0 radical (unpaired) electrons. The third-order valence-electron chi connectivity index (χ3n) is 5.20. The summed E-state index contributed by atoms with van der Waals surface area (Å²) in [5.41, 5.74) is 7.62. The van der Waals surface area contributed by atoms with Crippen molar-refractivity contribution in [3.05, 3.63) is 18.5 Å². The third-order valence-corrected chi connectivity index (χ3v) is 5.20. The van der Waals surface area contributed by atoms with Gasteiger partial charge >= 0.3 is 0 Å². The fourth-order valence-corrected chi connectivity index (χ4v) is 3.46. The van der Waals surface area contributed by atoms with Gasteiger partial charge in [0.2, 0.25) is 0 Å². The van der Waals surface area contributed by atoms with Crippen molar-refractivity contribution in [2.45, 2.75) is 110 Å². The predicted molar refractivity (Wildman–Crippen MR) is 117 cm³/mol. The lowest BCUT2D eigenvalue weighted by molar-refractivity contribution is 0.530. The maximum absolute atomic E-state index is 5.87. The minimum atomic E-state index is 0.740. The molecule has 0 amide bonds. The Kier molecular flexibility index (Phi) is 15.1. The number of nitrogens with zero attached hydrogens (tertiary/aromatic N) is 1. The Hall–Kier alpha value is -1.25. The second kappa shape index (κ2) is 17.2. The molecular weight excluding hydrogens is 318 g/mol. The van der Waals surface area contributed by atoms with Crippen LogP contribution in [0.25, 0.3) is 0 Å². The van der Waals surface area contributed by atoms with Gasteiger partial charge in [-0.15, -0.1) is 0 Å². The molecule has 1 aromatic rings. The molecule has 0 saturated carbocycles. The number of nitrogens with two attached hydrogens (primary N) is 1. The number of hydrogen-bond donors (Lipinski definition) is 2. The van der Waals surface area contributed by atoms with Crippen LogP contribution in [0, 0.1) is 0 Å². The van der Waals surface area contributed by atoms with Crippen LogP contribution in [0.4, 0.5) is 11.4 Å². The van der Waals surface area contributed by atoms with Gasteiger partial charge in [0.15, 0.2) is 0 Å². The number of pyridine rings is 1. The predicted octanol–water partition coefficient (Wildman–Crippen LogP) is 7.34. The number of anilines is 2. The van der Waals surface area contributed by atoms with Crippen LogP contribution in [-0.4, -0.2) is 11.5 Å². The van der Waals surface area contributed by atoms with E-state index < -0.39 is 0 Å². The Morgan fingerprint density at radius 3 is 1.65 bits per heavy atom. The van der Waals surface area contributed by atoms with Gasteiger partial charge in [-0.1, -0.05) is 103 Å². The van der Waals surface area contributed by atoms with E-state index in [0.717, 1.165) is 17.9 Å². The first-order valence-corrected chi connectivity index (χ1v) is 11.3. The van der Waals surface area contributed by atoms with Crippen LogP contribution in [-0.2, 0) is 0 Å². The van der Waals surface area contributed by atoms with Gasteiger partial charge in [0.05, 0.1) is 17.6 Å². The van der Waals surface area contributed by atoms with E-state index in [0.29, 0.717) is 0 Å². The van der Waals surface area contributed by atoms with E-state index in [1.807, 2.05) is 6.07 Å². The zero-order chi connectivity index (χ0) is 18.7. The summed E-state index contributed by atoms with van der Waals surface area (Å²) < 4.78 is 0. The largest absolute Gasteiger partial charge is 0.396 e. The lowest BCUT2D eigenvalue weighted by atomic mass is 10.0. The van der Waals surface area contributed by atoms with Crippen LogP contribution in [0.5, 0.6) is 0 Å². The number of aromatic nitrogens is 1. The van der Waals surface area contributed by atoms with E-state index in [4.69, 9.17) is 5.73 Å². The maximum atomic E-state index is 5.87. The van der Waals surface area contributed by atoms with Crippen LogP contribution >= 0.6 is 0 Å². The molecule has 0 aliphatic heterocycles. The molecule has 1 rings (SSSR count). The molecule has 0 atom stereocenters. The lowest BCUT2D eigenvalue weighted by Gasteiger charge is -2.08. The van der Waals surface area contributed by atoms with Gasteiger partial charge in [-0.3, -0.25) is 4.98 Å². The van der Waals surface area contributed by atoms with Gasteiger partial charge in [-0.05, 0) is 12.5 Å². The Labute approximate surface area is 162 Å². The highest BCUT2D eigenvalue weighted by molar-refractivity contribution is 5.63. The molecule has 0 fully saturated rings. The summed E-state index contributed by atoms with van der Waals surface area (Å²) >= 11 is 0. The first-order valence-electron chi connectivity index (χ1n) is 11.3. The highest BCUT2D eigenvalue weighted by atomic mass is 14.9. The number of unbranched alkanes of at least 4 members (excludes halogenated alkanes) is 15. The molecule has 0 spiro atoms. The highest BCUT2D eigenvalue weighted by Gasteiger charge is 1.97. The second-order valence-electron chi connectivity index (χ2n) is 7.69. The molecule has 1 aromatic heterocycles. The molecule has 1 heterocycles. The summed E-state index contributed by atoms with van der Waals surface area (Å²) in [7, 11) is 0. The fraction of sp³-hybridized carbons (Fsp3) is 0.783. The van der Waals surface area contributed by atoms with Gasteiger partial charge in [0, 0.05) is 12.7 Å². The van der Waals surface area contributed by atoms with E-state index in [9.17, 15) is 0 Å². The second-order valence-corrected chi connectivity index (χ2v) is 7.69. The zero-order valence-electron chi connectivity index (χ0n) is 17.3. The quantitative estimate of drug-likeness (QED) is 0.269. The minimum absolute atomic E-state index is 0.740. The van der Waals surface area contributed by atoms with Crippen molar-refractivity contribution in [2.75, 3.05) is 17.6 Å². The summed E-state index contributed by atoms with van der Waals surface area (Å²) in [6, 6.07) is 1.95. The Morgan fingerprint density at radius 2 is 1.19 bits per heavy atom. The fourth-order valence-electron chi connectivity index (χ4n) is 3.46. The van der Waals surface area contributed by atoms with Crippen LogP contribution < -0.4 is 11.1 Å². The van der Waals surface area contributed by atoms with Gasteiger partial charge in [0.1, 0.15) is 0 Å². The standard InChI is InChI=1S/C23H43N3/c1-2-3-4-5-6-7-8-9-10-11-12-13-14-15-16-17-19-26-23-18-20-25-21-22(23)24/h18,20-21H,2-17,19,24H2,1H3,(H,25,26). The molecule has 150 valence electrons. The summed E-state index contributed by atoms with van der Waals surface area (Å²) in [5.74, 6) is 0. The maximum Gasteiger partial charge on any atom is 0.0736 e. The first kappa shape index (κ1) is 22.8. The Morgan fingerprint density at radius 1 is 0.731 bits per heavy atom. The Bertz CT molecular complexity index is 420. The minimum Gasteiger partial charge on any atom is -0.396 e. The monoisotopic (exact) mass is 361 g/mol. The molecule has 0 saturated heterocycles. The molecule has 3 nitrogen and oxygen atoms in total. The normalized spacial score (nSPS) is 11.0. The van der Waals surface area contributed by atoms with Crippen LogP contribution in [0.1, 0.15) is 110 Å². The summed E-state index contributed by atoms with van der Waals surface area (Å²) in [4.78, 5) is 4.01. The topological polar surface area (TPSA) is 50.9 Å². The summed E-state index contributed by atoms with van der Waals surface area (Å²) in [6.07, 6.45) is 26.1. The molecule has 0 aliphatic rings. The van der Waals surface area contributed by atoms with Crippen molar-refractivity contribution in [3.8, 4) is 0 Å². The van der Waals surface area contributed by atoms with Crippen LogP contribution in [0.3, 0.4) is 0 Å². The SMILES string of the molecule is CCCCCCCCCCCCCCCCCCNc1ccncc1N. The number of nitrogens with one attached hydrogen (secondary N) is 1. The Balaban J connectivity index is 1.74. The third kappa shape index (κ3) is 13.0. The molecular formula is C23H43N3.